The van der Waals surface area contributed by atoms with Gasteiger partial charge in [0.1, 0.15) is 19.0 Å². The highest BCUT2D eigenvalue weighted by Gasteiger charge is 2.04. The number of nitrogens with two attached hydrogens (primary N) is 1. The number of carbonyl (C=O) groups excluding carboxylic acids is 1. The summed E-state index contributed by atoms with van der Waals surface area (Å²) in [5.41, 5.74) is 5.88. The molecular weight excluding hydrogens is 197 g/mol. The molecule has 4 heteroatoms. The van der Waals surface area contributed by atoms with Crippen LogP contribution in [0.4, 0.5) is 4.39 Å². The van der Waals surface area contributed by atoms with Crippen LogP contribution in [0.25, 0.3) is 0 Å². The molecule has 0 bridgehead atoms. The summed E-state index contributed by atoms with van der Waals surface area (Å²) in [7, 11) is 0. The molecule has 82 valence electrons. The summed E-state index contributed by atoms with van der Waals surface area (Å²) in [6.07, 6.45) is 0.338. The highest BCUT2D eigenvalue weighted by Crippen LogP contribution is 2.13. The van der Waals surface area contributed by atoms with Crippen LogP contribution in [-0.4, -0.2) is 25.6 Å². The van der Waals surface area contributed by atoms with E-state index < -0.39 is 6.67 Å². The fraction of sp³-hybridized carbons (Fsp3) is 0.364. The molecule has 1 aromatic rings. The van der Waals surface area contributed by atoms with Gasteiger partial charge in [-0.2, -0.15) is 0 Å². The largest absolute Gasteiger partial charge is 0.491 e. The van der Waals surface area contributed by atoms with Crippen LogP contribution in [-0.2, 0) is 0 Å². The van der Waals surface area contributed by atoms with E-state index in [4.69, 9.17) is 10.5 Å². The number of benzene rings is 1. The lowest BCUT2D eigenvalue weighted by molar-refractivity contribution is 0.0985. The zero-order valence-electron chi connectivity index (χ0n) is 8.41. The molecule has 0 unspecified atom stereocenters. The van der Waals surface area contributed by atoms with E-state index in [1.54, 1.807) is 24.3 Å². The molecule has 0 saturated carbocycles. The molecule has 1 aromatic carbocycles. The van der Waals surface area contributed by atoms with Gasteiger partial charge in [-0.25, -0.2) is 4.39 Å². The Balaban J connectivity index is 2.59. The van der Waals surface area contributed by atoms with Crippen LogP contribution < -0.4 is 10.5 Å². The molecule has 0 amide bonds. The number of alkyl halides is 1. The van der Waals surface area contributed by atoms with Crippen LogP contribution in [0.3, 0.4) is 0 Å². The first-order chi connectivity index (χ1) is 7.27. The maximum absolute atomic E-state index is 11.8. The van der Waals surface area contributed by atoms with E-state index in [2.05, 4.69) is 0 Å². The van der Waals surface area contributed by atoms with Gasteiger partial charge in [0, 0.05) is 12.0 Å². The average molecular weight is 211 g/mol. The second-order valence-corrected chi connectivity index (χ2v) is 3.02. The Kier molecular flexibility index (Phi) is 4.77. The van der Waals surface area contributed by atoms with Crippen LogP contribution in [0.1, 0.15) is 16.8 Å². The van der Waals surface area contributed by atoms with Crippen molar-refractivity contribution >= 4 is 5.78 Å². The van der Waals surface area contributed by atoms with E-state index in [-0.39, 0.29) is 12.4 Å². The van der Waals surface area contributed by atoms with E-state index >= 15 is 0 Å². The molecule has 0 aromatic heterocycles. The van der Waals surface area contributed by atoms with Gasteiger partial charge in [-0.3, -0.25) is 4.79 Å². The fourth-order valence-corrected chi connectivity index (χ4v) is 1.17. The van der Waals surface area contributed by atoms with Crippen LogP contribution in [0.15, 0.2) is 24.3 Å². The van der Waals surface area contributed by atoms with E-state index in [9.17, 15) is 9.18 Å². The molecule has 0 saturated heterocycles. The molecular formula is C11H14FNO2. The van der Waals surface area contributed by atoms with Crippen LogP contribution >= 0.6 is 0 Å². The van der Waals surface area contributed by atoms with Crippen molar-refractivity contribution in [1.29, 1.82) is 0 Å². The molecule has 0 fully saturated rings. The number of hydrogen-bond donors (Lipinski definition) is 1. The van der Waals surface area contributed by atoms with Crippen LogP contribution in [0, 0.1) is 0 Å². The van der Waals surface area contributed by atoms with Gasteiger partial charge in [0.05, 0.1) is 0 Å². The maximum atomic E-state index is 11.8. The van der Waals surface area contributed by atoms with Gasteiger partial charge in [0.15, 0.2) is 5.78 Å². The van der Waals surface area contributed by atoms with Gasteiger partial charge >= 0.3 is 0 Å². The fourth-order valence-electron chi connectivity index (χ4n) is 1.17. The molecule has 0 aliphatic carbocycles. The lowest BCUT2D eigenvalue weighted by atomic mass is 10.1. The Morgan fingerprint density at radius 1 is 1.33 bits per heavy atom. The second kappa shape index (κ2) is 6.14. The van der Waals surface area contributed by atoms with E-state index in [0.29, 0.717) is 24.3 Å². The van der Waals surface area contributed by atoms with Gasteiger partial charge in [0.2, 0.25) is 0 Å². The topological polar surface area (TPSA) is 52.3 Å². The maximum Gasteiger partial charge on any atom is 0.164 e. The summed E-state index contributed by atoms with van der Waals surface area (Å²) >= 11 is 0. The van der Waals surface area contributed by atoms with Crippen molar-refractivity contribution in [2.75, 3.05) is 19.8 Å². The summed E-state index contributed by atoms with van der Waals surface area (Å²) in [5.74, 6) is 0.575. The monoisotopic (exact) mass is 211 g/mol. The first kappa shape index (κ1) is 11.7. The number of hydrogen-bond acceptors (Lipinski definition) is 3. The van der Waals surface area contributed by atoms with Gasteiger partial charge < -0.3 is 10.5 Å². The van der Waals surface area contributed by atoms with Gasteiger partial charge in [-0.15, -0.1) is 0 Å². The molecule has 2 N–H and O–H groups in total. The van der Waals surface area contributed by atoms with Crippen molar-refractivity contribution in [3.05, 3.63) is 29.8 Å². The van der Waals surface area contributed by atoms with E-state index in [1.165, 1.54) is 0 Å². The van der Waals surface area contributed by atoms with E-state index in [1.807, 2.05) is 0 Å². The summed E-state index contributed by atoms with van der Waals surface area (Å²) < 4.78 is 16.8. The smallest absolute Gasteiger partial charge is 0.164 e. The predicted octanol–water partition coefficient (Wildman–Crippen LogP) is 1.57. The molecule has 15 heavy (non-hydrogen) atoms. The first-order valence-electron chi connectivity index (χ1n) is 4.80. The molecule has 0 aliphatic heterocycles. The zero-order chi connectivity index (χ0) is 11.1. The number of ketones is 1. The highest BCUT2D eigenvalue weighted by molar-refractivity contribution is 5.96. The molecule has 3 nitrogen and oxygen atoms in total. The standard InChI is InChI=1S/C11H14FNO2/c12-6-8-15-10-3-1-9(2-4-10)11(14)5-7-13/h1-4H,5-8,13H2. The number of Topliss-reactive ketones (excluding diaryl/α,β-unsaturated/α-hetero) is 1. The number of rotatable bonds is 6. The minimum absolute atomic E-state index is 0.00883. The molecule has 0 radical (unpaired) electrons. The average Bonchev–Trinajstić information content (AvgIpc) is 2.27. The minimum atomic E-state index is -0.520. The minimum Gasteiger partial charge on any atom is -0.491 e. The Morgan fingerprint density at radius 3 is 2.53 bits per heavy atom. The molecule has 0 atom stereocenters. The summed E-state index contributed by atoms with van der Waals surface area (Å²) in [4.78, 5) is 11.4. The molecule has 0 heterocycles. The quantitative estimate of drug-likeness (QED) is 0.726. The summed E-state index contributed by atoms with van der Waals surface area (Å²) in [6, 6.07) is 6.62. The second-order valence-electron chi connectivity index (χ2n) is 3.02. The number of ether oxygens (including phenoxy) is 1. The van der Waals surface area contributed by atoms with Crippen molar-refractivity contribution in [2.45, 2.75) is 6.42 Å². The highest BCUT2D eigenvalue weighted by atomic mass is 19.1. The van der Waals surface area contributed by atoms with Crippen molar-refractivity contribution in [3.8, 4) is 5.75 Å². The van der Waals surface area contributed by atoms with Crippen molar-refractivity contribution < 1.29 is 13.9 Å². The lowest BCUT2D eigenvalue weighted by Gasteiger charge is -2.04. The van der Waals surface area contributed by atoms with E-state index in [0.717, 1.165) is 0 Å². The lowest BCUT2D eigenvalue weighted by Crippen LogP contribution is -2.08. The van der Waals surface area contributed by atoms with Crippen molar-refractivity contribution in [1.82, 2.24) is 0 Å². The normalized spacial score (nSPS) is 10.0. The van der Waals surface area contributed by atoms with Gasteiger partial charge in [0.25, 0.3) is 0 Å². The van der Waals surface area contributed by atoms with Crippen LogP contribution in [0.2, 0.25) is 0 Å². The zero-order valence-corrected chi connectivity index (χ0v) is 8.41. The third-order valence-corrected chi connectivity index (χ3v) is 1.89. The number of halogens is 1. The van der Waals surface area contributed by atoms with Crippen molar-refractivity contribution in [2.24, 2.45) is 5.73 Å². The Morgan fingerprint density at radius 2 is 2.00 bits per heavy atom. The predicted molar refractivity (Wildman–Crippen MR) is 55.9 cm³/mol. The van der Waals surface area contributed by atoms with Crippen LogP contribution in [0.5, 0.6) is 5.75 Å². The SMILES string of the molecule is NCCC(=O)c1ccc(OCCF)cc1. The third-order valence-electron chi connectivity index (χ3n) is 1.89. The Hall–Kier alpha value is -1.42. The number of carbonyl (C=O) groups is 1. The Bertz CT molecular complexity index is 311. The molecule has 0 spiro atoms. The Labute approximate surface area is 88.0 Å². The third kappa shape index (κ3) is 3.67. The van der Waals surface area contributed by atoms with Gasteiger partial charge in [-0.05, 0) is 30.8 Å². The van der Waals surface area contributed by atoms with Crippen molar-refractivity contribution in [3.63, 3.8) is 0 Å². The summed E-state index contributed by atoms with van der Waals surface area (Å²) in [6.45, 7) is -0.136. The van der Waals surface area contributed by atoms with Gasteiger partial charge in [-0.1, -0.05) is 0 Å². The molecule has 0 aliphatic rings. The molecule has 1 rings (SSSR count). The first-order valence-corrected chi connectivity index (χ1v) is 4.80. The summed E-state index contributed by atoms with van der Waals surface area (Å²) in [5, 5.41) is 0.